The minimum atomic E-state index is -0.185. The Kier molecular flexibility index (Phi) is 4.87. The predicted octanol–water partition coefficient (Wildman–Crippen LogP) is 0.871. The molecule has 0 unspecified atom stereocenters. The molecule has 0 atom stereocenters. The molecule has 0 N–H and O–H groups in total. The summed E-state index contributed by atoms with van der Waals surface area (Å²) in [6.07, 6.45) is 0.840. The summed E-state index contributed by atoms with van der Waals surface area (Å²) in [5.74, 6) is -0.185. The van der Waals surface area contributed by atoms with E-state index in [2.05, 4.69) is 0 Å². The minimum absolute atomic E-state index is 0.0164. The SMILES string of the molecule is CCOC(=O)C[Se]c1ccsc1C=O. The molecule has 14 heavy (non-hydrogen) atoms. The van der Waals surface area contributed by atoms with Crippen molar-refractivity contribution in [1.29, 1.82) is 0 Å². The maximum absolute atomic E-state index is 11.0. The zero-order valence-corrected chi connectivity index (χ0v) is 10.2. The van der Waals surface area contributed by atoms with E-state index >= 15 is 0 Å². The molecule has 0 radical (unpaired) electrons. The van der Waals surface area contributed by atoms with Gasteiger partial charge in [-0.1, -0.05) is 0 Å². The quantitative estimate of drug-likeness (QED) is 0.456. The first-order chi connectivity index (χ1) is 6.77. The molecule has 0 aromatic carbocycles. The van der Waals surface area contributed by atoms with E-state index in [-0.39, 0.29) is 20.9 Å². The van der Waals surface area contributed by atoms with Gasteiger partial charge in [-0.2, -0.15) is 0 Å². The van der Waals surface area contributed by atoms with Crippen LogP contribution >= 0.6 is 11.3 Å². The third kappa shape index (κ3) is 3.25. The van der Waals surface area contributed by atoms with Crippen LogP contribution in [-0.4, -0.2) is 33.8 Å². The molecule has 0 fully saturated rings. The number of hydrogen-bond donors (Lipinski definition) is 0. The van der Waals surface area contributed by atoms with Crippen molar-refractivity contribution >= 4 is 43.0 Å². The summed E-state index contributed by atoms with van der Waals surface area (Å²) in [4.78, 5) is 22.3. The van der Waals surface area contributed by atoms with Crippen molar-refractivity contribution in [1.82, 2.24) is 0 Å². The van der Waals surface area contributed by atoms with E-state index in [4.69, 9.17) is 4.74 Å². The van der Waals surface area contributed by atoms with Crippen LogP contribution in [0.1, 0.15) is 16.6 Å². The van der Waals surface area contributed by atoms with E-state index in [9.17, 15) is 9.59 Å². The molecule has 0 saturated carbocycles. The van der Waals surface area contributed by atoms with Gasteiger partial charge in [-0.25, -0.2) is 0 Å². The van der Waals surface area contributed by atoms with Gasteiger partial charge in [0.1, 0.15) is 0 Å². The standard InChI is InChI=1S/C9H10O3SSe/c1-2-12-9(11)6-14-8-3-4-13-7(8)5-10/h3-5H,2,6H2,1H3. The molecule has 76 valence electrons. The monoisotopic (exact) mass is 278 g/mol. The number of hydrogen-bond acceptors (Lipinski definition) is 4. The van der Waals surface area contributed by atoms with Crippen molar-refractivity contribution < 1.29 is 14.3 Å². The van der Waals surface area contributed by atoms with E-state index in [1.807, 2.05) is 11.4 Å². The maximum atomic E-state index is 11.0. The van der Waals surface area contributed by atoms with Gasteiger partial charge in [0.2, 0.25) is 0 Å². The first kappa shape index (κ1) is 11.4. The van der Waals surface area contributed by atoms with Crippen molar-refractivity contribution in [2.24, 2.45) is 0 Å². The summed E-state index contributed by atoms with van der Waals surface area (Å²) >= 11 is 1.43. The second-order valence-electron chi connectivity index (χ2n) is 2.36. The van der Waals surface area contributed by atoms with Crippen LogP contribution in [0.15, 0.2) is 11.4 Å². The van der Waals surface area contributed by atoms with Crippen LogP contribution in [0.5, 0.6) is 0 Å². The summed E-state index contributed by atoms with van der Waals surface area (Å²) < 4.78 is 5.80. The molecule has 0 bridgehead atoms. The molecule has 0 amide bonds. The molecule has 0 aliphatic rings. The third-order valence-corrected chi connectivity index (χ3v) is 4.75. The number of aldehydes is 1. The number of thiophene rings is 1. The first-order valence-electron chi connectivity index (χ1n) is 4.09. The summed E-state index contributed by atoms with van der Waals surface area (Å²) in [5.41, 5.74) is 0. The van der Waals surface area contributed by atoms with Crippen LogP contribution in [0.25, 0.3) is 0 Å². The van der Waals surface area contributed by atoms with Gasteiger partial charge in [-0.05, 0) is 0 Å². The zero-order chi connectivity index (χ0) is 10.4. The fourth-order valence-corrected chi connectivity index (χ4v) is 3.74. The van der Waals surface area contributed by atoms with Gasteiger partial charge in [0.05, 0.1) is 0 Å². The zero-order valence-electron chi connectivity index (χ0n) is 7.69. The Morgan fingerprint density at radius 2 is 2.50 bits per heavy atom. The summed E-state index contributed by atoms with van der Waals surface area (Å²) in [5, 5.41) is 2.27. The van der Waals surface area contributed by atoms with Crippen molar-refractivity contribution in [3.8, 4) is 0 Å². The van der Waals surface area contributed by atoms with Gasteiger partial charge < -0.3 is 0 Å². The second kappa shape index (κ2) is 5.96. The average molecular weight is 277 g/mol. The average Bonchev–Trinajstić information content (AvgIpc) is 2.62. The van der Waals surface area contributed by atoms with E-state index in [1.54, 1.807) is 6.92 Å². The Balaban J connectivity index is 2.45. The van der Waals surface area contributed by atoms with Crippen LogP contribution < -0.4 is 4.46 Å². The molecule has 0 aliphatic heterocycles. The molecule has 0 spiro atoms. The Morgan fingerprint density at radius 1 is 1.71 bits per heavy atom. The summed E-state index contributed by atoms with van der Waals surface area (Å²) in [7, 11) is 0. The second-order valence-corrected chi connectivity index (χ2v) is 5.44. The molecule has 3 nitrogen and oxygen atoms in total. The number of ether oxygens (including phenoxy) is 1. The van der Waals surface area contributed by atoms with E-state index in [0.29, 0.717) is 11.9 Å². The van der Waals surface area contributed by atoms with Crippen LogP contribution in [0.4, 0.5) is 0 Å². The number of rotatable bonds is 5. The van der Waals surface area contributed by atoms with Gasteiger partial charge in [-0.15, -0.1) is 0 Å². The van der Waals surface area contributed by atoms with Gasteiger partial charge in [0.15, 0.2) is 0 Å². The molecule has 1 aromatic rings. The molecular formula is C9H10O3SSe. The molecule has 0 saturated heterocycles. The van der Waals surface area contributed by atoms with Crippen LogP contribution in [-0.2, 0) is 9.53 Å². The Bertz CT molecular complexity index is 322. The molecule has 1 heterocycles. The number of esters is 1. The van der Waals surface area contributed by atoms with Crippen LogP contribution in [0, 0.1) is 0 Å². The van der Waals surface area contributed by atoms with Crippen molar-refractivity contribution in [3.63, 3.8) is 0 Å². The van der Waals surface area contributed by atoms with E-state index in [0.717, 1.165) is 15.6 Å². The van der Waals surface area contributed by atoms with Gasteiger partial charge >= 0.3 is 92.5 Å². The summed E-state index contributed by atoms with van der Waals surface area (Å²) in [6.45, 7) is 2.20. The van der Waals surface area contributed by atoms with Gasteiger partial charge in [0, 0.05) is 0 Å². The van der Waals surface area contributed by atoms with Crippen LogP contribution in [0.3, 0.4) is 0 Å². The fourth-order valence-electron chi connectivity index (χ4n) is 0.854. The molecule has 0 aliphatic carbocycles. The summed E-state index contributed by atoms with van der Waals surface area (Å²) in [6, 6.07) is 1.90. The third-order valence-electron chi connectivity index (χ3n) is 1.42. The Morgan fingerprint density at radius 3 is 3.14 bits per heavy atom. The Hall–Kier alpha value is -0.641. The van der Waals surface area contributed by atoms with E-state index < -0.39 is 0 Å². The molecular weight excluding hydrogens is 267 g/mol. The number of carbonyl (C=O) groups excluding carboxylic acids is 2. The van der Waals surface area contributed by atoms with Crippen molar-refractivity contribution in [3.05, 3.63) is 16.3 Å². The van der Waals surface area contributed by atoms with Gasteiger partial charge in [0.25, 0.3) is 0 Å². The van der Waals surface area contributed by atoms with Crippen molar-refractivity contribution in [2.45, 2.75) is 12.2 Å². The first-order valence-corrected chi connectivity index (χ1v) is 7.03. The molecule has 1 rings (SSSR count). The predicted molar refractivity (Wildman–Crippen MR) is 56.5 cm³/mol. The molecule has 5 heteroatoms. The molecule has 1 aromatic heterocycles. The Labute approximate surface area is 92.6 Å². The van der Waals surface area contributed by atoms with Crippen LogP contribution in [0.2, 0.25) is 5.32 Å². The van der Waals surface area contributed by atoms with Gasteiger partial charge in [-0.3, -0.25) is 0 Å². The normalized spacial score (nSPS) is 9.79. The fraction of sp³-hybridized carbons (Fsp3) is 0.333. The van der Waals surface area contributed by atoms with E-state index in [1.165, 1.54) is 11.3 Å². The van der Waals surface area contributed by atoms with Crippen molar-refractivity contribution in [2.75, 3.05) is 6.61 Å². The topological polar surface area (TPSA) is 43.4 Å². The number of carbonyl (C=O) groups is 2.